The molecule has 0 atom stereocenters. The molecule has 146 valence electrons. The zero-order valence-corrected chi connectivity index (χ0v) is 16.9. The molecule has 4 aromatic rings. The van der Waals surface area contributed by atoms with E-state index in [1.165, 1.54) is 11.3 Å². The van der Waals surface area contributed by atoms with E-state index in [-0.39, 0.29) is 10.4 Å². The topological polar surface area (TPSA) is 118 Å². The van der Waals surface area contributed by atoms with Crippen molar-refractivity contribution in [1.82, 2.24) is 4.98 Å². The summed E-state index contributed by atoms with van der Waals surface area (Å²) >= 11 is 1.35. The normalized spacial score (nSPS) is 12.1. The average Bonchev–Trinajstić information content (AvgIpc) is 3.10. The number of hydrogen-bond donors (Lipinski definition) is 2. The van der Waals surface area contributed by atoms with Crippen LogP contribution in [-0.4, -0.2) is 18.0 Å². The first kappa shape index (κ1) is 19.2. The van der Waals surface area contributed by atoms with Crippen molar-refractivity contribution in [2.45, 2.75) is 11.8 Å². The van der Waals surface area contributed by atoms with Crippen molar-refractivity contribution in [1.29, 1.82) is 0 Å². The van der Waals surface area contributed by atoms with Crippen molar-refractivity contribution in [2.75, 3.05) is 5.73 Å². The van der Waals surface area contributed by atoms with E-state index in [1.54, 1.807) is 55.5 Å². The minimum Gasteiger partial charge on any atom is -0.399 e. The number of anilines is 1. The Balaban J connectivity index is 1.65. The van der Waals surface area contributed by atoms with Gasteiger partial charge in [-0.3, -0.25) is 4.55 Å². The van der Waals surface area contributed by atoms with Gasteiger partial charge in [-0.15, -0.1) is 11.3 Å². The van der Waals surface area contributed by atoms with Crippen LogP contribution in [0.25, 0.3) is 20.8 Å². The molecule has 0 bridgehead atoms. The second kappa shape index (κ2) is 7.36. The molecular weight excluding hydrogens is 408 g/mol. The minimum absolute atomic E-state index is 0.147. The quantitative estimate of drug-likeness (QED) is 0.254. The number of fused-ring (bicyclic) bond motifs is 1. The highest BCUT2D eigenvalue weighted by atomic mass is 32.2. The fraction of sp³-hybridized carbons (Fsp3) is 0.0500. The summed E-state index contributed by atoms with van der Waals surface area (Å²) in [5.41, 5.74) is 9.23. The first-order valence-corrected chi connectivity index (χ1v) is 10.8. The van der Waals surface area contributed by atoms with Crippen LogP contribution in [0.2, 0.25) is 0 Å². The SMILES string of the molecule is Cc1ccc2sc(-c3ccc(/N=N/c4ccc(N)cc4)cc3)nc2c1S(=O)(=O)O. The number of hydrogen-bond acceptors (Lipinski definition) is 7. The second-order valence-electron chi connectivity index (χ2n) is 6.39. The number of aryl methyl sites for hydroxylation is 1. The minimum atomic E-state index is -4.36. The van der Waals surface area contributed by atoms with E-state index in [2.05, 4.69) is 15.2 Å². The van der Waals surface area contributed by atoms with Gasteiger partial charge in [-0.1, -0.05) is 6.07 Å². The van der Waals surface area contributed by atoms with Gasteiger partial charge in [-0.2, -0.15) is 18.6 Å². The lowest BCUT2D eigenvalue weighted by atomic mass is 10.2. The number of azo groups is 1. The van der Waals surface area contributed by atoms with Gasteiger partial charge in [0.25, 0.3) is 10.1 Å². The van der Waals surface area contributed by atoms with Crippen molar-refractivity contribution in [2.24, 2.45) is 10.2 Å². The number of nitrogen functional groups attached to an aromatic ring is 1. The molecule has 1 aromatic heterocycles. The third kappa shape index (κ3) is 4.02. The van der Waals surface area contributed by atoms with E-state index in [1.807, 2.05) is 12.1 Å². The molecule has 3 aromatic carbocycles. The first-order valence-electron chi connectivity index (χ1n) is 8.56. The molecule has 7 nitrogen and oxygen atoms in total. The van der Waals surface area contributed by atoms with Gasteiger partial charge in [0.2, 0.25) is 0 Å². The Morgan fingerprint density at radius 2 is 1.52 bits per heavy atom. The molecule has 9 heteroatoms. The van der Waals surface area contributed by atoms with Gasteiger partial charge in [0.15, 0.2) is 0 Å². The van der Waals surface area contributed by atoms with Crippen LogP contribution in [0.15, 0.2) is 75.8 Å². The monoisotopic (exact) mass is 424 g/mol. The molecule has 0 unspecified atom stereocenters. The van der Waals surface area contributed by atoms with Gasteiger partial charge >= 0.3 is 0 Å². The van der Waals surface area contributed by atoms with Crippen LogP contribution in [0.5, 0.6) is 0 Å². The summed E-state index contributed by atoms with van der Waals surface area (Å²) in [6, 6.07) is 17.8. The Hall–Kier alpha value is -3.14. The molecule has 29 heavy (non-hydrogen) atoms. The molecule has 0 fully saturated rings. The zero-order chi connectivity index (χ0) is 20.6. The summed E-state index contributed by atoms with van der Waals surface area (Å²) in [4.78, 5) is 4.31. The molecule has 0 saturated heterocycles. The predicted molar refractivity (Wildman–Crippen MR) is 115 cm³/mol. The largest absolute Gasteiger partial charge is 0.399 e. The van der Waals surface area contributed by atoms with Crippen molar-refractivity contribution < 1.29 is 13.0 Å². The highest BCUT2D eigenvalue weighted by Gasteiger charge is 2.20. The van der Waals surface area contributed by atoms with Gasteiger partial charge in [0.1, 0.15) is 15.4 Å². The van der Waals surface area contributed by atoms with E-state index < -0.39 is 10.1 Å². The van der Waals surface area contributed by atoms with Gasteiger partial charge in [0.05, 0.1) is 16.1 Å². The van der Waals surface area contributed by atoms with E-state index in [9.17, 15) is 13.0 Å². The van der Waals surface area contributed by atoms with Gasteiger partial charge in [-0.25, -0.2) is 4.98 Å². The van der Waals surface area contributed by atoms with Crippen molar-refractivity contribution in [3.63, 3.8) is 0 Å². The summed E-state index contributed by atoms with van der Waals surface area (Å²) in [5.74, 6) is 0. The number of benzene rings is 3. The number of nitrogens with two attached hydrogens (primary N) is 1. The van der Waals surface area contributed by atoms with Crippen molar-refractivity contribution in [3.05, 3.63) is 66.2 Å². The summed E-state index contributed by atoms with van der Waals surface area (Å²) in [6.07, 6.45) is 0. The van der Waals surface area contributed by atoms with Crippen LogP contribution in [0.4, 0.5) is 17.1 Å². The van der Waals surface area contributed by atoms with Crippen LogP contribution in [-0.2, 0) is 10.1 Å². The van der Waals surface area contributed by atoms with E-state index in [0.717, 1.165) is 5.56 Å². The lowest BCUT2D eigenvalue weighted by Gasteiger charge is -2.02. The van der Waals surface area contributed by atoms with Gasteiger partial charge in [0, 0.05) is 11.3 Å². The molecule has 1 heterocycles. The molecule has 3 N–H and O–H groups in total. The molecule has 0 amide bonds. The van der Waals surface area contributed by atoms with E-state index >= 15 is 0 Å². The number of nitrogens with zero attached hydrogens (tertiary/aromatic N) is 3. The number of aromatic nitrogens is 1. The predicted octanol–water partition coefficient (Wildman–Crippen LogP) is 5.52. The summed E-state index contributed by atoms with van der Waals surface area (Å²) < 4.78 is 33.8. The van der Waals surface area contributed by atoms with Gasteiger partial charge in [-0.05, 0) is 67.1 Å². The molecular formula is C20H16N4O3S2. The third-order valence-electron chi connectivity index (χ3n) is 4.26. The van der Waals surface area contributed by atoms with Gasteiger partial charge < -0.3 is 5.73 Å². The Kier molecular flexibility index (Phi) is 4.87. The van der Waals surface area contributed by atoms with Crippen LogP contribution in [0.3, 0.4) is 0 Å². The fourth-order valence-electron chi connectivity index (χ4n) is 2.85. The summed E-state index contributed by atoms with van der Waals surface area (Å²) in [6.45, 7) is 1.63. The molecule has 0 spiro atoms. The van der Waals surface area contributed by atoms with Crippen molar-refractivity contribution in [3.8, 4) is 10.6 Å². The molecule has 0 radical (unpaired) electrons. The van der Waals surface area contributed by atoms with Crippen LogP contribution in [0, 0.1) is 6.92 Å². The lowest BCUT2D eigenvalue weighted by molar-refractivity contribution is 0.483. The maximum Gasteiger partial charge on any atom is 0.296 e. The van der Waals surface area contributed by atoms with E-state index in [4.69, 9.17) is 5.73 Å². The number of rotatable bonds is 4. The number of thiazole rings is 1. The van der Waals surface area contributed by atoms with Crippen LogP contribution in [0.1, 0.15) is 5.56 Å². The van der Waals surface area contributed by atoms with Crippen LogP contribution >= 0.6 is 11.3 Å². The second-order valence-corrected chi connectivity index (χ2v) is 8.78. The highest BCUT2D eigenvalue weighted by Crippen LogP contribution is 2.35. The fourth-order valence-corrected chi connectivity index (χ4v) is 4.77. The average molecular weight is 425 g/mol. The van der Waals surface area contributed by atoms with Crippen molar-refractivity contribution >= 4 is 48.7 Å². The zero-order valence-electron chi connectivity index (χ0n) is 15.3. The third-order valence-corrected chi connectivity index (χ3v) is 6.36. The molecule has 4 rings (SSSR count). The maximum absolute atomic E-state index is 11.8. The Morgan fingerprint density at radius 3 is 2.10 bits per heavy atom. The lowest BCUT2D eigenvalue weighted by Crippen LogP contribution is -2.01. The summed E-state index contributed by atoms with van der Waals surface area (Å²) in [5, 5.41) is 9.01. The van der Waals surface area contributed by atoms with E-state index in [0.29, 0.717) is 32.3 Å². The Bertz CT molecular complexity index is 1330. The maximum atomic E-state index is 11.8. The molecule has 0 aliphatic heterocycles. The molecule has 0 saturated carbocycles. The Labute approximate surface area is 171 Å². The van der Waals surface area contributed by atoms with Crippen LogP contribution < -0.4 is 5.73 Å². The Morgan fingerprint density at radius 1 is 0.931 bits per heavy atom. The molecule has 0 aliphatic carbocycles. The molecule has 0 aliphatic rings. The standard InChI is InChI=1S/C20H16N4O3S2/c1-12-2-11-17-18(19(12)29(25,26)27)22-20(28-17)13-3-7-15(8-4-13)23-24-16-9-5-14(21)6-10-16/h2-11H,21H2,1H3,(H,25,26,27)/b24-23+. The smallest absolute Gasteiger partial charge is 0.296 e. The summed E-state index contributed by atoms with van der Waals surface area (Å²) in [7, 11) is -4.36. The first-order chi connectivity index (χ1) is 13.8. The highest BCUT2D eigenvalue weighted by molar-refractivity contribution is 7.86.